The van der Waals surface area contributed by atoms with Gasteiger partial charge in [0, 0.05) is 24.1 Å². The second kappa shape index (κ2) is 11.2. The van der Waals surface area contributed by atoms with Crippen LogP contribution in [-0.2, 0) is 0 Å². The molecule has 27 heavy (non-hydrogen) atoms. The van der Waals surface area contributed by atoms with E-state index in [4.69, 9.17) is 0 Å². The average Bonchev–Trinajstić information content (AvgIpc) is 2.66. The van der Waals surface area contributed by atoms with E-state index in [0.29, 0.717) is 12.5 Å². The molecule has 0 aromatic heterocycles. The quantitative estimate of drug-likeness (QED) is 0.760. The Morgan fingerprint density at radius 1 is 1.04 bits per heavy atom. The van der Waals surface area contributed by atoms with Crippen molar-refractivity contribution in [1.29, 1.82) is 0 Å². The summed E-state index contributed by atoms with van der Waals surface area (Å²) in [5.41, 5.74) is 1.76. The molecule has 0 bridgehead atoms. The molecule has 0 spiro atoms. The van der Waals surface area contributed by atoms with Crippen molar-refractivity contribution >= 4 is 18.2 Å². The van der Waals surface area contributed by atoms with E-state index < -0.39 is 6.10 Å². The molecule has 0 saturated carbocycles. The van der Waals surface area contributed by atoms with Crippen LogP contribution < -0.4 is 0 Å². The predicted octanol–water partition coefficient (Wildman–Crippen LogP) is 3.83. The zero-order valence-corrected chi connectivity index (χ0v) is 16.6. The number of Topliss-reactive ketones (excluding diaryl/α,β-unsaturated/α-hetero) is 1. The van der Waals surface area contributed by atoms with Gasteiger partial charge >= 0.3 is 0 Å². The molecule has 1 fully saturated rings. The molecule has 3 N–H and O–H groups in total. The Bertz CT molecular complexity index is 680. The molecule has 1 heterocycles. The number of hydrogen-bond donors (Lipinski definition) is 1. The van der Waals surface area contributed by atoms with Gasteiger partial charge in [0.05, 0.1) is 6.10 Å². The third kappa shape index (κ3) is 6.15. The number of nitrogens with zero attached hydrogens (tertiary/aromatic N) is 1. The van der Waals surface area contributed by atoms with Crippen LogP contribution in [0.25, 0.3) is 0 Å². The minimum Gasteiger partial charge on any atom is -0.412 e. The van der Waals surface area contributed by atoms with Crippen LogP contribution in [0.15, 0.2) is 60.7 Å². The van der Waals surface area contributed by atoms with E-state index in [9.17, 15) is 9.90 Å². The van der Waals surface area contributed by atoms with E-state index >= 15 is 0 Å². The standard InChI is InChI=1S/C22H27NO2.ClH.H2O/c1-23-19(15-21(24)17-9-4-2-5-10-17)13-8-14-20(23)16-22(25)18-11-6-3-7-12-18;;/h2-7,9-12,19-21,24H,8,13-16H2,1H3;1H;1H2/t19-,20+,21-;;/m0../s1. The second-order valence-corrected chi connectivity index (χ2v) is 7.06. The normalized spacial score (nSPS) is 20.8. The summed E-state index contributed by atoms with van der Waals surface area (Å²) in [5.74, 6) is 0.210. The molecule has 5 heteroatoms. The molecule has 1 aliphatic heterocycles. The van der Waals surface area contributed by atoms with Gasteiger partial charge in [0.15, 0.2) is 5.78 Å². The summed E-state index contributed by atoms with van der Waals surface area (Å²) in [5, 5.41) is 10.5. The van der Waals surface area contributed by atoms with Crippen molar-refractivity contribution in [2.75, 3.05) is 7.05 Å². The van der Waals surface area contributed by atoms with Crippen molar-refractivity contribution in [3.8, 4) is 0 Å². The lowest BCUT2D eigenvalue weighted by molar-refractivity contribution is 0.0549. The van der Waals surface area contributed by atoms with E-state index in [1.165, 1.54) is 0 Å². The first-order valence-electron chi connectivity index (χ1n) is 9.18. The summed E-state index contributed by atoms with van der Waals surface area (Å²) in [6.07, 6.45) is 4.07. The number of rotatable bonds is 6. The van der Waals surface area contributed by atoms with Gasteiger partial charge in [0.2, 0.25) is 0 Å². The summed E-state index contributed by atoms with van der Waals surface area (Å²) in [4.78, 5) is 14.8. The van der Waals surface area contributed by atoms with Gasteiger partial charge in [-0.2, -0.15) is 0 Å². The Morgan fingerprint density at radius 2 is 1.59 bits per heavy atom. The van der Waals surface area contributed by atoms with E-state index in [0.717, 1.165) is 36.8 Å². The fraction of sp³-hybridized carbons (Fsp3) is 0.409. The van der Waals surface area contributed by atoms with Gasteiger partial charge in [-0.15, -0.1) is 12.4 Å². The number of carbonyl (C=O) groups excluding carboxylic acids is 1. The first-order chi connectivity index (χ1) is 12.1. The number of aliphatic hydroxyl groups excluding tert-OH is 1. The maximum absolute atomic E-state index is 12.5. The number of likely N-dealkylation sites (tertiary alicyclic amines) is 1. The number of carbonyl (C=O) groups is 1. The topological polar surface area (TPSA) is 72.0 Å². The van der Waals surface area contributed by atoms with Crippen LogP contribution in [0.3, 0.4) is 0 Å². The molecule has 148 valence electrons. The number of aliphatic hydroxyl groups is 1. The number of benzene rings is 2. The highest BCUT2D eigenvalue weighted by Crippen LogP contribution is 2.30. The van der Waals surface area contributed by atoms with Crippen molar-refractivity contribution in [2.45, 2.75) is 50.3 Å². The number of ketones is 1. The number of halogens is 1. The van der Waals surface area contributed by atoms with Crippen LogP contribution in [0.4, 0.5) is 0 Å². The molecular weight excluding hydrogens is 362 g/mol. The molecule has 1 aliphatic rings. The predicted molar refractivity (Wildman–Crippen MR) is 111 cm³/mol. The van der Waals surface area contributed by atoms with E-state index in [-0.39, 0.29) is 29.7 Å². The van der Waals surface area contributed by atoms with Crippen LogP contribution in [0.5, 0.6) is 0 Å². The fourth-order valence-corrected chi connectivity index (χ4v) is 3.85. The molecule has 2 aromatic carbocycles. The molecule has 0 radical (unpaired) electrons. The number of hydrogen-bond acceptors (Lipinski definition) is 3. The SMILES string of the molecule is CN1[C@@H](CC(=O)c2ccccc2)CCC[C@H]1C[C@H](O)c1ccccc1.Cl.O. The Morgan fingerprint density at radius 3 is 2.22 bits per heavy atom. The van der Waals surface area contributed by atoms with Crippen LogP contribution in [0.1, 0.15) is 54.1 Å². The zero-order valence-electron chi connectivity index (χ0n) is 15.8. The van der Waals surface area contributed by atoms with Crippen LogP contribution in [-0.4, -0.2) is 40.4 Å². The molecule has 0 amide bonds. The smallest absolute Gasteiger partial charge is 0.164 e. The van der Waals surface area contributed by atoms with Crippen LogP contribution in [0, 0.1) is 0 Å². The minimum absolute atomic E-state index is 0. The van der Waals surface area contributed by atoms with E-state index in [2.05, 4.69) is 11.9 Å². The maximum Gasteiger partial charge on any atom is 0.164 e. The summed E-state index contributed by atoms with van der Waals surface area (Å²) >= 11 is 0. The third-order valence-corrected chi connectivity index (χ3v) is 5.42. The minimum atomic E-state index is -0.447. The zero-order chi connectivity index (χ0) is 17.6. The Balaban J connectivity index is 0.00000182. The molecule has 1 saturated heterocycles. The van der Waals surface area contributed by atoms with Crippen LogP contribution >= 0.6 is 12.4 Å². The van der Waals surface area contributed by atoms with Gasteiger partial charge in [-0.3, -0.25) is 9.69 Å². The largest absolute Gasteiger partial charge is 0.412 e. The molecule has 3 atom stereocenters. The fourth-order valence-electron chi connectivity index (χ4n) is 3.85. The molecule has 3 rings (SSSR count). The van der Waals surface area contributed by atoms with Gasteiger partial charge in [0.25, 0.3) is 0 Å². The highest BCUT2D eigenvalue weighted by Gasteiger charge is 2.30. The molecule has 2 aromatic rings. The van der Waals surface area contributed by atoms with Gasteiger partial charge < -0.3 is 10.6 Å². The summed E-state index contributed by atoms with van der Waals surface area (Å²) in [6.45, 7) is 0. The van der Waals surface area contributed by atoms with Crippen molar-refractivity contribution < 1.29 is 15.4 Å². The highest BCUT2D eigenvalue weighted by molar-refractivity contribution is 5.96. The first-order valence-corrected chi connectivity index (χ1v) is 9.18. The molecular formula is C22H30ClNO3. The van der Waals surface area contributed by atoms with E-state index in [1.807, 2.05) is 60.7 Å². The second-order valence-electron chi connectivity index (χ2n) is 7.06. The monoisotopic (exact) mass is 391 g/mol. The lowest BCUT2D eigenvalue weighted by Gasteiger charge is -2.40. The van der Waals surface area contributed by atoms with Crippen LogP contribution in [0.2, 0.25) is 0 Å². The Hall–Kier alpha value is -1.72. The Labute approximate surface area is 167 Å². The summed E-state index contributed by atoms with van der Waals surface area (Å²) < 4.78 is 0. The van der Waals surface area contributed by atoms with Crippen molar-refractivity contribution in [3.05, 3.63) is 71.8 Å². The molecule has 0 unspecified atom stereocenters. The maximum atomic E-state index is 12.5. The summed E-state index contributed by atoms with van der Waals surface area (Å²) in [7, 11) is 2.10. The lowest BCUT2D eigenvalue weighted by Crippen LogP contribution is -2.45. The number of piperidine rings is 1. The average molecular weight is 392 g/mol. The molecule has 0 aliphatic carbocycles. The van der Waals surface area contributed by atoms with E-state index in [1.54, 1.807) is 0 Å². The Kier molecular flexibility index (Phi) is 9.67. The van der Waals surface area contributed by atoms with Gasteiger partial charge in [-0.1, -0.05) is 67.1 Å². The van der Waals surface area contributed by atoms with Crippen molar-refractivity contribution in [1.82, 2.24) is 4.90 Å². The van der Waals surface area contributed by atoms with Crippen molar-refractivity contribution in [3.63, 3.8) is 0 Å². The molecule has 4 nitrogen and oxygen atoms in total. The lowest BCUT2D eigenvalue weighted by atomic mass is 9.88. The van der Waals surface area contributed by atoms with Crippen molar-refractivity contribution in [2.24, 2.45) is 0 Å². The third-order valence-electron chi connectivity index (χ3n) is 5.42. The van der Waals surface area contributed by atoms with Gasteiger partial charge in [-0.25, -0.2) is 0 Å². The first kappa shape index (κ1) is 23.3. The van der Waals surface area contributed by atoms with Gasteiger partial charge in [-0.05, 0) is 31.9 Å². The van der Waals surface area contributed by atoms with Gasteiger partial charge in [0.1, 0.15) is 0 Å². The summed E-state index contributed by atoms with van der Waals surface area (Å²) in [6, 6.07) is 20.0. The highest BCUT2D eigenvalue weighted by atomic mass is 35.5.